The lowest BCUT2D eigenvalue weighted by Crippen LogP contribution is -2.34. The van der Waals surface area contributed by atoms with Crippen molar-refractivity contribution in [3.8, 4) is 0 Å². The molecule has 168 valence electrons. The second-order valence-corrected chi connectivity index (χ2v) is 10.3. The minimum Gasteiger partial charge on any atom is -0.423 e. The number of anilines is 1. The van der Waals surface area contributed by atoms with Crippen LogP contribution in [0.2, 0.25) is 0 Å². The van der Waals surface area contributed by atoms with Crippen molar-refractivity contribution in [2.45, 2.75) is 50.1 Å². The van der Waals surface area contributed by atoms with Crippen LogP contribution >= 0.6 is 0 Å². The third kappa shape index (κ3) is 4.20. The molecule has 1 aromatic heterocycles. The van der Waals surface area contributed by atoms with E-state index in [4.69, 9.17) is 9.43 Å². The molecule has 1 aromatic carbocycles. The number of rotatable bonds is 5. The Bertz CT molecular complexity index is 1160. The number of aromatic nitrogens is 2. The molecule has 11 heteroatoms. The second kappa shape index (κ2) is 8.38. The highest BCUT2D eigenvalue weighted by molar-refractivity contribution is 7.91. The molecule has 9 nitrogen and oxygen atoms in total. The quantitative estimate of drug-likeness (QED) is 0.514. The molecule has 32 heavy (non-hydrogen) atoms. The van der Waals surface area contributed by atoms with Crippen molar-refractivity contribution < 1.29 is 18.7 Å². The van der Waals surface area contributed by atoms with E-state index < -0.39 is 23.1 Å². The molecule has 2 atom stereocenters. The number of benzene rings is 1. The fourth-order valence-electron chi connectivity index (χ4n) is 4.83. The maximum absolute atomic E-state index is 13.0. The first-order chi connectivity index (χ1) is 15.4. The van der Waals surface area contributed by atoms with Crippen LogP contribution in [0, 0.1) is 10.7 Å². The first-order valence-corrected chi connectivity index (χ1v) is 12.5. The van der Waals surface area contributed by atoms with Crippen molar-refractivity contribution in [2.24, 2.45) is 5.92 Å². The van der Waals surface area contributed by atoms with Crippen LogP contribution in [0.3, 0.4) is 0 Å². The molecule has 5 rings (SSSR count). The zero-order valence-electron chi connectivity index (χ0n) is 17.7. The van der Waals surface area contributed by atoms with Gasteiger partial charge in [0, 0.05) is 31.0 Å². The molecule has 0 saturated carbocycles. The Hall–Kier alpha value is -2.63. The molecule has 4 N–H and O–H groups in total. The molecule has 3 aliphatic rings. The monoisotopic (exact) mass is 455 g/mol. The molecule has 0 spiro atoms. The summed E-state index contributed by atoms with van der Waals surface area (Å²) in [5.41, 5.74) is 5.78. The van der Waals surface area contributed by atoms with Crippen LogP contribution in [0.4, 0.5) is 10.5 Å². The predicted octanol–water partition coefficient (Wildman–Crippen LogP) is 2.23. The highest BCUT2D eigenvalue weighted by Crippen LogP contribution is 2.38. The second-order valence-electron chi connectivity index (χ2n) is 8.59. The Morgan fingerprint density at radius 1 is 1.28 bits per heavy atom. The highest BCUT2D eigenvalue weighted by atomic mass is 32.2. The summed E-state index contributed by atoms with van der Waals surface area (Å²) >= 11 is 0. The van der Waals surface area contributed by atoms with E-state index in [1.807, 2.05) is 6.08 Å². The van der Waals surface area contributed by atoms with Crippen molar-refractivity contribution in [2.75, 3.05) is 11.9 Å². The van der Waals surface area contributed by atoms with Gasteiger partial charge in [-0.05, 0) is 66.8 Å². The van der Waals surface area contributed by atoms with Crippen LogP contribution < -0.4 is 10.0 Å². The Morgan fingerprint density at radius 3 is 2.66 bits per heavy atom. The number of aryl methyl sites for hydroxylation is 2. The van der Waals surface area contributed by atoms with Gasteiger partial charge in [0.1, 0.15) is 0 Å². The lowest BCUT2D eigenvalue weighted by atomic mass is 9.85. The van der Waals surface area contributed by atoms with Crippen molar-refractivity contribution in [1.29, 1.82) is 4.78 Å². The Balaban J connectivity index is 1.28. The SMILES string of the molecule is N=S(=O)(NC(=O)Nc1c2c(cc3c1CCC3)CCC2)c1ccn(CC2C=CB(O)OC2)n1. The lowest BCUT2D eigenvalue weighted by Gasteiger charge is -2.18. The summed E-state index contributed by atoms with van der Waals surface area (Å²) in [6, 6.07) is 3.11. The molecule has 2 aromatic rings. The van der Waals surface area contributed by atoms with Gasteiger partial charge in [-0.1, -0.05) is 18.1 Å². The summed E-state index contributed by atoms with van der Waals surface area (Å²) in [7, 11) is -4.51. The number of hydrogen-bond donors (Lipinski definition) is 4. The van der Waals surface area contributed by atoms with E-state index in [0.717, 1.165) is 44.2 Å². The molecule has 0 saturated heterocycles. The van der Waals surface area contributed by atoms with Crippen LogP contribution in [0.25, 0.3) is 0 Å². The van der Waals surface area contributed by atoms with Crippen LogP contribution in [0.15, 0.2) is 35.4 Å². The summed E-state index contributed by atoms with van der Waals surface area (Å²) in [5, 5.41) is 16.5. The molecule has 2 amide bonds. The standard InChI is InChI=1S/C21H26BN5O4S/c23-32(30,19-8-10-27(25-19)12-14-7-9-22(29)31-13-14)26-21(28)24-20-17-5-1-3-15(17)11-16-4-2-6-18(16)20/h7-11,14,29H,1-6,12-13H2,(H3,23,24,26,28,30). The minimum atomic E-state index is -3.62. The van der Waals surface area contributed by atoms with Crippen LogP contribution in [-0.2, 0) is 46.8 Å². The number of nitrogens with zero attached hydrogens (tertiary/aromatic N) is 2. The normalized spacial score (nSPS) is 21.2. The average Bonchev–Trinajstić information content (AvgIpc) is 3.49. The van der Waals surface area contributed by atoms with Crippen LogP contribution in [-0.4, -0.2) is 38.8 Å². The van der Waals surface area contributed by atoms with Gasteiger partial charge in [0.05, 0.1) is 0 Å². The molecule has 0 fully saturated rings. The van der Waals surface area contributed by atoms with E-state index in [0.29, 0.717) is 13.2 Å². The van der Waals surface area contributed by atoms with Gasteiger partial charge < -0.3 is 15.0 Å². The van der Waals surface area contributed by atoms with Gasteiger partial charge in [-0.25, -0.2) is 18.5 Å². The summed E-state index contributed by atoms with van der Waals surface area (Å²) in [4.78, 5) is 12.8. The van der Waals surface area contributed by atoms with Crippen LogP contribution in [0.1, 0.15) is 35.1 Å². The number of fused-ring (bicyclic) bond motifs is 2. The summed E-state index contributed by atoms with van der Waals surface area (Å²) in [5.74, 6) is 1.57. The summed E-state index contributed by atoms with van der Waals surface area (Å²) in [6.45, 7) is 0.794. The zero-order chi connectivity index (χ0) is 22.3. The smallest absolute Gasteiger partial charge is 0.423 e. The van der Waals surface area contributed by atoms with E-state index >= 15 is 0 Å². The Morgan fingerprint density at radius 2 is 2.00 bits per heavy atom. The number of urea groups is 1. The molecule has 1 aliphatic heterocycles. The van der Waals surface area contributed by atoms with Crippen molar-refractivity contribution in [3.05, 3.63) is 52.6 Å². The van der Waals surface area contributed by atoms with Crippen molar-refractivity contribution >= 4 is 28.8 Å². The molecule has 2 aliphatic carbocycles. The van der Waals surface area contributed by atoms with Crippen molar-refractivity contribution in [3.63, 3.8) is 0 Å². The number of carbonyl (C=O) groups is 1. The van der Waals surface area contributed by atoms with E-state index in [2.05, 4.69) is 21.2 Å². The topological polar surface area (TPSA) is 129 Å². The van der Waals surface area contributed by atoms with E-state index in [1.54, 1.807) is 16.9 Å². The number of amides is 2. The fraction of sp³-hybridized carbons (Fsp3) is 0.429. The van der Waals surface area contributed by atoms with Gasteiger partial charge in [0.15, 0.2) is 14.9 Å². The lowest BCUT2D eigenvalue weighted by molar-refractivity contribution is 0.215. The third-order valence-corrected chi connectivity index (χ3v) is 7.59. The summed E-state index contributed by atoms with van der Waals surface area (Å²) < 4.78 is 30.3. The molecular formula is C21H26BN5O4S. The minimum absolute atomic E-state index is 0.00286. The van der Waals surface area contributed by atoms with Gasteiger partial charge in [-0.3, -0.25) is 4.68 Å². The van der Waals surface area contributed by atoms with Gasteiger partial charge in [0.25, 0.3) is 0 Å². The Kier molecular flexibility index (Phi) is 5.56. The maximum atomic E-state index is 13.0. The third-order valence-electron chi connectivity index (χ3n) is 6.31. The first kappa shape index (κ1) is 21.2. The van der Waals surface area contributed by atoms with E-state index in [9.17, 15) is 14.0 Å². The van der Waals surface area contributed by atoms with Gasteiger partial charge in [-0.2, -0.15) is 5.10 Å². The fourth-order valence-corrected chi connectivity index (χ4v) is 5.72. The number of carbonyl (C=O) groups excluding carboxylic acids is 1. The highest BCUT2D eigenvalue weighted by Gasteiger charge is 2.26. The van der Waals surface area contributed by atoms with Gasteiger partial charge in [0.2, 0.25) is 0 Å². The van der Waals surface area contributed by atoms with E-state index in [-0.39, 0.29) is 10.9 Å². The number of hydrogen-bond acceptors (Lipinski definition) is 6. The molecule has 0 bridgehead atoms. The molecule has 0 radical (unpaired) electrons. The summed E-state index contributed by atoms with van der Waals surface area (Å²) in [6.07, 6.45) is 9.50. The zero-order valence-corrected chi connectivity index (χ0v) is 18.5. The van der Waals surface area contributed by atoms with E-state index in [1.165, 1.54) is 28.3 Å². The maximum Gasteiger partial charge on any atom is 0.483 e. The molecular weight excluding hydrogens is 429 g/mol. The van der Waals surface area contributed by atoms with Gasteiger partial charge >= 0.3 is 13.1 Å². The van der Waals surface area contributed by atoms with Crippen LogP contribution in [0.5, 0.6) is 0 Å². The first-order valence-electron chi connectivity index (χ1n) is 10.9. The largest absolute Gasteiger partial charge is 0.483 e. The van der Waals surface area contributed by atoms with Crippen molar-refractivity contribution in [1.82, 2.24) is 14.5 Å². The Labute approximate surface area is 187 Å². The number of nitrogens with one attached hydrogen (secondary N) is 3. The predicted molar refractivity (Wildman–Crippen MR) is 121 cm³/mol. The molecule has 2 heterocycles. The van der Waals surface area contributed by atoms with Gasteiger partial charge in [-0.15, -0.1) is 0 Å². The average molecular weight is 455 g/mol. The molecule has 2 unspecified atom stereocenters.